The van der Waals surface area contributed by atoms with Gasteiger partial charge in [0.05, 0.1) is 11.8 Å². The van der Waals surface area contributed by atoms with Crippen LogP contribution in [0.3, 0.4) is 0 Å². The van der Waals surface area contributed by atoms with Gasteiger partial charge in [-0.25, -0.2) is 4.79 Å². The molecule has 2 aromatic carbocycles. The van der Waals surface area contributed by atoms with Gasteiger partial charge < -0.3 is 25.4 Å². The predicted octanol–water partition coefficient (Wildman–Crippen LogP) is 2.11. The fraction of sp³-hybridized carbons (Fsp3) is 0.385. The Morgan fingerprint density at radius 3 is 2.29 bits per heavy atom. The fourth-order valence-corrected chi connectivity index (χ4v) is 5.14. The summed E-state index contributed by atoms with van der Waals surface area (Å²) in [6, 6.07) is 15.1. The predicted molar refractivity (Wildman–Crippen MR) is 126 cm³/mol. The first-order chi connectivity index (χ1) is 16.9. The molecule has 35 heavy (non-hydrogen) atoms. The van der Waals surface area contributed by atoms with Gasteiger partial charge >= 0.3 is 12.1 Å². The SMILES string of the molecule is O=C(O)CC1C(=O)NCCN1C(=O)C1(CNC(=O)OCC2c3ccccc3-c3ccccc32)CC1. The lowest BCUT2D eigenvalue weighted by Crippen LogP contribution is -2.60. The number of carbonyl (C=O) groups is 4. The van der Waals surface area contributed by atoms with E-state index in [9.17, 15) is 19.2 Å². The van der Waals surface area contributed by atoms with Crippen LogP contribution in [-0.2, 0) is 19.1 Å². The molecule has 0 radical (unpaired) electrons. The van der Waals surface area contributed by atoms with Crippen molar-refractivity contribution in [3.05, 3.63) is 59.7 Å². The normalized spacial score (nSPS) is 19.8. The first kappa shape index (κ1) is 22.9. The van der Waals surface area contributed by atoms with Crippen molar-refractivity contribution in [2.75, 3.05) is 26.2 Å². The van der Waals surface area contributed by atoms with Crippen LogP contribution in [0.25, 0.3) is 11.1 Å². The Morgan fingerprint density at radius 1 is 1.06 bits per heavy atom. The number of hydrogen-bond donors (Lipinski definition) is 3. The minimum atomic E-state index is -1.15. The molecule has 2 fully saturated rings. The van der Waals surface area contributed by atoms with E-state index in [4.69, 9.17) is 9.84 Å². The molecular weight excluding hydrogens is 450 g/mol. The van der Waals surface area contributed by atoms with E-state index in [0.29, 0.717) is 12.8 Å². The van der Waals surface area contributed by atoms with Gasteiger partial charge in [0, 0.05) is 25.6 Å². The number of hydrogen-bond acceptors (Lipinski definition) is 5. The summed E-state index contributed by atoms with van der Waals surface area (Å²) in [6.45, 7) is 0.778. The number of carbonyl (C=O) groups excluding carboxylic acids is 3. The van der Waals surface area contributed by atoms with Gasteiger partial charge in [0.1, 0.15) is 12.6 Å². The molecule has 2 aliphatic carbocycles. The van der Waals surface area contributed by atoms with Gasteiger partial charge in [0.25, 0.3) is 0 Å². The highest BCUT2D eigenvalue weighted by Gasteiger charge is 2.54. The van der Waals surface area contributed by atoms with E-state index in [1.807, 2.05) is 36.4 Å². The van der Waals surface area contributed by atoms with E-state index in [2.05, 4.69) is 22.8 Å². The van der Waals surface area contributed by atoms with Crippen LogP contribution in [0.15, 0.2) is 48.5 Å². The molecule has 1 saturated carbocycles. The number of nitrogens with one attached hydrogen (secondary N) is 2. The summed E-state index contributed by atoms with van der Waals surface area (Å²) >= 11 is 0. The minimum absolute atomic E-state index is 0.0618. The van der Waals surface area contributed by atoms with E-state index in [1.54, 1.807) is 0 Å². The third-order valence-electron chi connectivity index (χ3n) is 7.18. The highest BCUT2D eigenvalue weighted by Crippen LogP contribution is 2.47. The van der Waals surface area contributed by atoms with Crippen molar-refractivity contribution in [1.82, 2.24) is 15.5 Å². The third-order valence-corrected chi connectivity index (χ3v) is 7.18. The summed E-state index contributed by atoms with van der Waals surface area (Å²) in [6.07, 6.45) is 0.0678. The number of alkyl carbamates (subject to hydrolysis) is 1. The van der Waals surface area contributed by atoms with Crippen molar-refractivity contribution in [1.29, 1.82) is 0 Å². The van der Waals surface area contributed by atoms with E-state index in [0.717, 1.165) is 22.3 Å². The number of ether oxygens (including phenoxy) is 1. The molecule has 0 bridgehead atoms. The summed E-state index contributed by atoms with van der Waals surface area (Å²) < 4.78 is 5.56. The van der Waals surface area contributed by atoms with Gasteiger partial charge in [-0.15, -0.1) is 0 Å². The largest absolute Gasteiger partial charge is 0.481 e. The van der Waals surface area contributed by atoms with Gasteiger partial charge in [0.2, 0.25) is 11.8 Å². The molecule has 3 aliphatic rings. The first-order valence-electron chi connectivity index (χ1n) is 11.8. The van der Waals surface area contributed by atoms with Crippen molar-refractivity contribution in [3.63, 3.8) is 0 Å². The lowest BCUT2D eigenvalue weighted by molar-refractivity contribution is -0.151. The molecule has 3 N–H and O–H groups in total. The Morgan fingerprint density at radius 2 is 1.69 bits per heavy atom. The van der Waals surface area contributed by atoms with Crippen molar-refractivity contribution < 1.29 is 29.0 Å². The Hall–Kier alpha value is -3.88. The number of aliphatic carboxylic acids is 1. The first-order valence-corrected chi connectivity index (χ1v) is 11.8. The van der Waals surface area contributed by atoms with Gasteiger partial charge in [-0.3, -0.25) is 14.4 Å². The molecule has 1 unspecified atom stereocenters. The van der Waals surface area contributed by atoms with Gasteiger partial charge in [-0.2, -0.15) is 0 Å². The maximum atomic E-state index is 13.2. The van der Waals surface area contributed by atoms with E-state index in [-0.39, 0.29) is 38.1 Å². The molecule has 2 aromatic rings. The lowest BCUT2D eigenvalue weighted by Gasteiger charge is -2.36. The molecule has 1 heterocycles. The molecule has 9 heteroatoms. The molecule has 9 nitrogen and oxygen atoms in total. The quantitative estimate of drug-likeness (QED) is 0.561. The third kappa shape index (κ3) is 4.34. The van der Waals surface area contributed by atoms with Crippen molar-refractivity contribution >= 4 is 23.9 Å². The van der Waals surface area contributed by atoms with Gasteiger partial charge in [0.15, 0.2) is 0 Å². The van der Waals surface area contributed by atoms with Crippen LogP contribution in [0.1, 0.15) is 36.3 Å². The smallest absolute Gasteiger partial charge is 0.407 e. The summed E-state index contributed by atoms with van der Waals surface area (Å²) in [4.78, 5) is 50.5. The van der Waals surface area contributed by atoms with Crippen LogP contribution in [-0.4, -0.2) is 66.2 Å². The van der Waals surface area contributed by atoms with E-state index < -0.39 is 35.8 Å². The van der Waals surface area contributed by atoms with Crippen LogP contribution >= 0.6 is 0 Å². The van der Waals surface area contributed by atoms with Crippen LogP contribution in [0.4, 0.5) is 4.79 Å². The Balaban J connectivity index is 1.20. The number of nitrogens with zero attached hydrogens (tertiary/aromatic N) is 1. The number of benzene rings is 2. The zero-order chi connectivity index (χ0) is 24.6. The summed E-state index contributed by atoms with van der Waals surface area (Å²) in [7, 11) is 0. The van der Waals surface area contributed by atoms with E-state index in [1.165, 1.54) is 4.90 Å². The van der Waals surface area contributed by atoms with Crippen molar-refractivity contribution in [2.45, 2.75) is 31.2 Å². The monoisotopic (exact) mass is 477 g/mol. The van der Waals surface area contributed by atoms with Crippen molar-refractivity contribution in [3.8, 4) is 11.1 Å². The topological polar surface area (TPSA) is 125 Å². The maximum Gasteiger partial charge on any atom is 0.407 e. The second-order valence-corrected chi connectivity index (χ2v) is 9.36. The molecule has 1 aliphatic heterocycles. The molecule has 5 rings (SSSR count). The molecular formula is C26H27N3O6. The average Bonchev–Trinajstić information content (AvgIpc) is 3.59. The Bertz CT molecular complexity index is 1150. The zero-order valence-electron chi connectivity index (χ0n) is 19.2. The van der Waals surface area contributed by atoms with E-state index >= 15 is 0 Å². The van der Waals surface area contributed by atoms with Crippen molar-refractivity contribution in [2.24, 2.45) is 5.41 Å². The van der Waals surface area contributed by atoms with Crippen LogP contribution in [0, 0.1) is 5.41 Å². The molecule has 182 valence electrons. The second-order valence-electron chi connectivity index (χ2n) is 9.36. The average molecular weight is 478 g/mol. The van der Waals surface area contributed by atoms with Crippen LogP contribution < -0.4 is 10.6 Å². The number of amides is 3. The standard InChI is InChI=1S/C26H27N3O6/c30-22(31)13-21-23(32)27-11-12-29(21)24(33)26(9-10-26)15-28-25(34)35-14-20-18-7-3-1-5-16(18)17-6-2-4-8-19(17)20/h1-8,20-21H,9-15H2,(H,27,32)(H,28,34)(H,30,31). The number of carboxylic acids is 1. The molecule has 3 amide bonds. The van der Waals surface area contributed by atoms with Crippen LogP contribution in [0.5, 0.6) is 0 Å². The Labute approximate surface area is 202 Å². The molecule has 1 saturated heterocycles. The number of piperazine rings is 1. The minimum Gasteiger partial charge on any atom is -0.481 e. The number of carboxylic acid groups (broad SMARTS) is 1. The molecule has 0 aromatic heterocycles. The maximum absolute atomic E-state index is 13.2. The Kier molecular flexibility index (Phi) is 5.92. The number of rotatable bonds is 7. The highest BCUT2D eigenvalue weighted by molar-refractivity contribution is 5.94. The summed E-state index contributed by atoms with van der Waals surface area (Å²) in [5.74, 6) is -1.97. The summed E-state index contributed by atoms with van der Waals surface area (Å²) in [5.41, 5.74) is 3.69. The van der Waals surface area contributed by atoms with Gasteiger partial charge in [-0.05, 0) is 35.1 Å². The lowest BCUT2D eigenvalue weighted by atomic mass is 9.98. The molecule has 1 atom stereocenters. The zero-order valence-corrected chi connectivity index (χ0v) is 19.2. The summed E-state index contributed by atoms with van der Waals surface area (Å²) in [5, 5.41) is 14.5. The number of fused-ring (bicyclic) bond motifs is 3. The fourth-order valence-electron chi connectivity index (χ4n) is 5.14. The molecule has 0 spiro atoms. The van der Waals surface area contributed by atoms with Gasteiger partial charge in [-0.1, -0.05) is 48.5 Å². The van der Waals surface area contributed by atoms with Crippen LogP contribution in [0.2, 0.25) is 0 Å². The second kappa shape index (κ2) is 9.05. The highest BCUT2D eigenvalue weighted by atomic mass is 16.5.